The molecule has 0 bridgehead atoms. The summed E-state index contributed by atoms with van der Waals surface area (Å²) in [5.41, 5.74) is 2.01. The zero-order valence-corrected chi connectivity index (χ0v) is 23.6. The van der Waals surface area contributed by atoms with Crippen molar-refractivity contribution >= 4 is 29.0 Å². The van der Waals surface area contributed by atoms with Gasteiger partial charge in [0.25, 0.3) is 0 Å². The molecule has 2 N–H and O–H groups in total. The van der Waals surface area contributed by atoms with E-state index in [1.165, 1.54) is 0 Å². The maximum Gasteiger partial charge on any atom is 0.421 e. The highest BCUT2D eigenvalue weighted by atomic mass is 19.4. The largest absolute Gasteiger partial charge is 0.421 e. The normalized spacial score (nSPS) is 17.3. The lowest BCUT2D eigenvalue weighted by Crippen LogP contribution is -2.46. The number of aromatic nitrogens is 2. The van der Waals surface area contributed by atoms with Gasteiger partial charge in [-0.25, -0.2) is 4.98 Å². The van der Waals surface area contributed by atoms with Gasteiger partial charge >= 0.3 is 6.18 Å². The number of piperazine rings is 1. The van der Waals surface area contributed by atoms with Gasteiger partial charge in [0.05, 0.1) is 0 Å². The smallest absolute Gasteiger partial charge is 0.372 e. The van der Waals surface area contributed by atoms with E-state index in [0.717, 1.165) is 62.3 Å². The monoisotopic (exact) mass is 563 g/mol. The highest BCUT2D eigenvalue weighted by Gasteiger charge is 2.35. The lowest BCUT2D eigenvalue weighted by atomic mass is 9.99. The second kappa shape index (κ2) is 13.5. The maximum atomic E-state index is 13.7. The van der Waals surface area contributed by atoms with Crippen LogP contribution in [0.3, 0.4) is 0 Å². The van der Waals surface area contributed by atoms with Crippen LogP contribution in [0.2, 0.25) is 0 Å². The van der Waals surface area contributed by atoms with E-state index in [4.69, 9.17) is 4.74 Å². The molecule has 2 aromatic rings. The van der Waals surface area contributed by atoms with E-state index in [9.17, 15) is 18.0 Å². The van der Waals surface area contributed by atoms with Crippen molar-refractivity contribution in [1.29, 1.82) is 0 Å². The molecule has 1 aromatic carbocycles. The minimum atomic E-state index is -4.61. The summed E-state index contributed by atoms with van der Waals surface area (Å²) < 4.78 is 46.4. The molecule has 0 saturated carbocycles. The molecular formula is C28H40F3N7O2. The Morgan fingerprint density at radius 1 is 1.12 bits per heavy atom. The number of hydrogen-bond donors (Lipinski definition) is 2. The average molecular weight is 564 g/mol. The van der Waals surface area contributed by atoms with Gasteiger partial charge in [-0.2, -0.15) is 18.2 Å². The van der Waals surface area contributed by atoms with E-state index in [0.29, 0.717) is 26.1 Å². The second-order valence-corrected chi connectivity index (χ2v) is 10.5. The van der Waals surface area contributed by atoms with Crippen molar-refractivity contribution in [3.8, 4) is 0 Å². The number of halogens is 3. The van der Waals surface area contributed by atoms with Crippen molar-refractivity contribution in [2.45, 2.75) is 45.7 Å². The third kappa shape index (κ3) is 7.75. The van der Waals surface area contributed by atoms with Gasteiger partial charge in [0, 0.05) is 70.0 Å². The quantitative estimate of drug-likeness (QED) is 0.407. The number of ether oxygens (including phenoxy) is 1. The predicted octanol–water partition coefficient (Wildman–Crippen LogP) is 4.56. The van der Waals surface area contributed by atoms with Crippen molar-refractivity contribution in [1.82, 2.24) is 19.8 Å². The van der Waals surface area contributed by atoms with Gasteiger partial charge < -0.3 is 30.1 Å². The topological polar surface area (TPSA) is 85.9 Å². The summed E-state index contributed by atoms with van der Waals surface area (Å²) in [7, 11) is 0. The minimum Gasteiger partial charge on any atom is -0.372 e. The lowest BCUT2D eigenvalue weighted by molar-refractivity contribution is -0.137. The molecule has 2 fully saturated rings. The summed E-state index contributed by atoms with van der Waals surface area (Å²) >= 11 is 0. The van der Waals surface area contributed by atoms with E-state index in [2.05, 4.69) is 57.2 Å². The molecule has 0 atom stereocenters. The number of carbonyl (C=O) groups excluding carboxylic acids is 1. The fraction of sp³-hybridized carbons (Fsp3) is 0.607. The Hall–Kier alpha value is -3.12. The number of likely N-dealkylation sites (N-methyl/N-ethyl adjacent to an activating group) is 1. The van der Waals surface area contributed by atoms with Crippen LogP contribution < -0.4 is 15.5 Å². The van der Waals surface area contributed by atoms with Crippen LogP contribution in [-0.2, 0) is 15.7 Å². The number of alkyl halides is 3. The molecule has 9 nitrogen and oxygen atoms in total. The molecule has 0 radical (unpaired) electrons. The molecule has 0 unspecified atom stereocenters. The fourth-order valence-electron chi connectivity index (χ4n) is 5.01. The number of anilines is 4. The Labute approximate surface area is 234 Å². The molecule has 1 aromatic heterocycles. The first-order valence-electron chi connectivity index (χ1n) is 14.1. The Morgan fingerprint density at radius 3 is 2.60 bits per heavy atom. The summed E-state index contributed by atoms with van der Waals surface area (Å²) in [4.78, 5) is 26.8. The molecule has 1 amide bonds. The lowest BCUT2D eigenvalue weighted by Gasteiger charge is -2.36. The van der Waals surface area contributed by atoms with Crippen LogP contribution in [0.5, 0.6) is 0 Å². The van der Waals surface area contributed by atoms with Crippen molar-refractivity contribution in [3.05, 3.63) is 35.5 Å². The Morgan fingerprint density at radius 2 is 1.90 bits per heavy atom. The predicted molar refractivity (Wildman–Crippen MR) is 150 cm³/mol. The van der Waals surface area contributed by atoms with Crippen molar-refractivity contribution in [2.24, 2.45) is 0 Å². The second-order valence-electron chi connectivity index (χ2n) is 10.5. The summed E-state index contributed by atoms with van der Waals surface area (Å²) in [6.45, 7) is 13.1. The Bertz CT molecular complexity index is 1140. The first kappa shape index (κ1) is 29.9. The van der Waals surface area contributed by atoms with E-state index in [-0.39, 0.29) is 36.7 Å². The molecule has 2 aliphatic rings. The highest BCUT2D eigenvalue weighted by molar-refractivity contribution is 5.77. The molecule has 0 spiro atoms. The molecule has 4 rings (SSSR count). The van der Waals surface area contributed by atoms with Gasteiger partial charge in [0.15, 0.2) is 0 Å². The first-order chi connectivity index (χ1) is 19.2. The molecule has 3 heterocycles. The van der Waals surface area contributed by atoms with Crippen LogP contribution in [0.25, 0.3) is 0 Å². The SMILES string of the molecule is CCN1CCN(c2ccc(Nc3ncc(C(F)(F)F)c(NCCCN4CCCOCC4=O)n3)c(C(C)C)c2)CC1. The van der Waals surface area contributed by atoms with Gasteiger partial charge in [0.2, 0.25) is 11.9 Å². The molecule has 40 heavy (non-hydrogen) atoms. The molecule has 2 aliphatic heterocycles. The van der Waals surface area contributed by atoms with Gasteiger partial charge in [-0.15, -0.1) is 0 Å². The summed E-state index contributed by atoms with van der Waals surface area (Å²) in [6.07, 6.45) is -2.58. The zero-order chi connectivity index (χ0) is 28.7. The Balaban J connectivity index is 1.46. The number of nitrogens with zero attached hydrogens (tertiary/aromatic N) is 5. The van der Waals surface area contributed by atoms with Crippen LogP contribution in [-0.4, -0.2) is 91.2 Å². The van der Waals surface area contributed by atoms with Crippen molar-refractivity contribution in [2.75, 3.05) is 81.1 Å². The van der Waals surface area contributed by atoms with Gasteiger partial charge in [-0.3, -0.25) is 4.79 Å². The number of benzene rings is 1. The van der Waals surface area contributed by atoms with Crippen LogP contribution in [0.1, 0.15) is 50.7 Å². The van der Waals surface area contributed by atoms with Crippen molar-refractivity contribution in [3.63, 3.8) is 0 Å². The van der Waals surface area contributed by atoms with Crippen LogP contribution in [0.4, 0.5) is 36.3 Å². The third-order valence-electron chi connectivity index (χ3n) is 7.37. The van der Waals surface area contributed by atoms with Gasteiger partial charge in [-0.1, -0.05) is 20.8 Å². The average Bonchev–Trinajstić information content (AvgIpc) is 3.14. The number of amides is 1. The summed E-state index contributed by atoms with van der Waals surface area (Å²) in [6, 6.07) is 6.13. The molecule has 12 heteroatoms. The maximum absolute atomic E-state index is 13.7. The third-order valence-corrected chi connectivity index (χ3v) is 7.37. The highest BCUT2D eigenvalue weighted by Crippen LogP contribution is 2.35. The zero-order valence-electron chi connectivity index (χ0n) is 23.6. The van der Waals surface area contributed by atoms with E-state index in [1.54, 1.807) is 4.90 Å². The van der Waals surface area contributed by atoms with E-state index < -0.39 is 11.7 Å². The summed E-state index contributed by atoms with van der Waals surface area (Å²) in [5, 5.41) is 5.97. The van der Waals surface area contributed by atoms with E-state index >= 15 is 0 Å². The fourth-order valence-corrected chi connectivity index (χ4v) is 5.01. The number of hydrogen-bond acceptors (Lipinski definition) is 8. The Kier molecular flexibility index (Phi) is 10.1. The molecular weight excluding hydrogens is 523 g/mol. The van der Waals surface area contributed by atoms with E-state index in [1.807, 2.05) is 12.1 Å². The van der Waals surface area contributed by atoms with Crippen LogP contribution in [0.15, 0.2) is 24.4 Å². The minimum absolute atomic E-state index is 0.0431. The number of rotatable bonds is 10. The summed E-state index contributed by atoms with van der Waals surface area (Å²) in [5.74, 6) is -0.121. The standard InChI is InChI=1S/C28H40F3N7O2/c1-4-36-12-14-37(15-13-36)21-7-8-24(22(17-21)20(2)3)34-27-33-18-23(28(29,30)31)26(35-27)32-9-5-10-38-11-6-16-40-19-25(38)39/h7-8,17-18,20H,4-6,9-16,19H2,1-3H3,(H2,32,33,34,35). The van der Waals surface area contributed by atoms with Crippen LogP contribution >= 0.6 is 0 Å². The molecule has 2 saturated heterocycles. The van der Waals surface area contributed by atoms with Crippen LogP contribution in [0, 0.1) is 0 Å². The number of carbonyl (C=O) groups is 1. The molecule has 220 valence electrons. The van der Waals surface area contributed by atoms with Crippen molar-refractivity contribution < 1.29 is 22.7 Å². The molecule has 0 aliphatic carbocycles. The first-order valence-corrected chi connectivity index (χ1v) is 14.1. The van der Waals surface area contributed by atoms with Gasteiger partial charge in [0.1, 0.15) is 18.0 Å². The van der Waals surface area contributed by atoms with Gasteiger partial charge in [-0.05, 0) is 49.1 Å². The number of nitrogens with one attached hydrogen (secondary N) is 2.